The zero-order valence-corrected chi connectivity index (χ0v) is 7.84. The molecule has 0 atom stereocenters. The summed E-state index contributed by atoms with van der Waals surface area (Å²) in [5, 5.41) is 2.75. The summed E-state index contributed by atoms with van der Waals surface area (Å²) in [7, 11) is 3.75. The van der Waals surface area contributed by atoms with Crippen LogP contribution in [0.4, 0.5) is 0 Å². The van der Waals surface area contributed by atoms with Crippen LogP contribution >= 0.6 is 0 Å². The van der Waals surface area contributed by atoms with Crippen LogP contribution in [0.15, 0.2) is 15.9 Å². The maximum Gasteiger partial charge on any atom is 0.327 e. The predicted octanol–water partition coefficient (Wildman–Crippen LogP) is -1.22. The van der Waals surface area contributed by atoms with E-state index in [1.54, 1.807) is 0 Å². The van der Waals surface area contributed by atoms with Crippen molar-refractivity contribution >= 4 is 11.2 Å². The molecule has 0 radical (unpaired) electrons. The molecular weight excluding hydrogens is 186 g/mol. The van der Waals surface area contributed by atoms with Gasteiger partial charge in [-0.05, 0) is 14.1 Å². The second kappa shape index (κ2) is 4.38. The van der Waals surface area contributed by atoms with Crippen LogP contribution in [0.3, 0.4) is 0 Å². The topological polar surface area (TPSA) is 106 Å². The van der Waals surface area contributed by atoms with Crippen molar-refractivity contribution in [3.05, 3.63) is 27.2 Å². The second-order valence-corrected chi connectivity index (χ2v) is 2.53. The Morgan fingerprint density at radius 3 is 2.57 bits per heavy atom. The highest BCUT2D eigenvalue weighted by Crippen LogP contribution is 1.92. The number of rotatable bonds is 0. The van der Waals surface area contributed by atoms with Gasteiger partial charge in [-0.1, -0.05) is 0 Å². The Balaban J connectivity index is 0.000000293. The molecule has 2 aromatic heterocycles. The Morgan fingerprint density at radius 1 is 1.29 bits per heavy atom. The van der Waals surface area contributed by atoms with Gasteiger partial charge in [0.15, 0.2) is 5.65 Å². The van der Waals surface area contributed by atoms with Crippen molar-refractivity contribution in [1.29, 1.82) is 0 Å². The summed E-state index contributed by atoms with van der Waals surface area (Å²) in [6, 6.07) is 0. The molecule has 7 nitrogen and oxygen atoms in total. The highest BCUT2D eigenvalue weighted by Gasteiger charge is 1.99. The zero-order chi connectivity index (χ0) is 10.6. The third-order valence-corrected chi connectivity index (χ3v) is 1.33. The molecule has 0 aliphatic rings. The SMILES string of the molecule is CNC.O=c1[nH]c(=O)c2[nH]cnc2[nH]1. The predicted molar refractivity (Wildman–Crippen MR) is 52.3 cm³/mol. The fraction of sp³-hybridized carbons (Fsp3) is 0.286. The average Bonchev–Trinajstić information content (AvgIpc) is 2.53. The Morgan fingerprint density at radius 2 is 1.93 bits per heavy atom. The summed E-state index contributed by atoms with van der Waals surface area (Å²) >= 11 is 0. The van der Waals surface area contributed by atoms with Crippen molar-refractivity contribution in [2.24, 2.45) is 0 Å². The van der Waals surface area contributed by atoms with Crippen LogP contribution in [0, 0.1) is 0 Å². The van der Waals surface area contributed by atoms with E-state index < -0.39 is 11.2 Å². The number of hydrogen-bond acceptors (Lipinski definition) is 4. The van der Waals surface area contributed by atoms with Crippen molar-refractivity contribution < 1.29 is 0 Å². The van der Waals surface area contributed by atoms with E-state index in [1.165, 1.54) is 6.33 Å². The summed E-state index contributed by atoms with van der Waals surface area (Å²) in [4.78, 5) is 32.3. The van der Waals surface area contributed by atoms with Crippen LogP contribution in [0.5, 0.6) is 0 Å². The van der Waals surface area contributed by atoms with Crippen LogP contribution in [0.2, 0.25) is 0 Å². The van der Waals surface area contributed by atoms with E-state index in [4.69, 9.17) is 0 Å². The number of aromatic nitrogens is 4. The number of nitrogens with zero attached hydrogens (tertiary/aromatic N) is 1. The van der Waals surface area contributed by atoms with E-state index >= 15 is 0 Å². The molecule has 76 valence electrons. The Kier molecular flexibility index (Phi) is 3.19. The van der Waals surface area contributed by atoms with E-state index in [-0.39, 0.29) is 11.2 Å². The second-order valence-electron chi connectivity index (χ2n) is 2.53. The number of hydrogen-bond donors (Lipinski definition) is 4. The fourth-order valence-electron chi connectivity index (χ4n) is 0.867. The molecule has 7 heteroatoms. The molecule has 0 aliphatic carbocycles. The largest absolute Gasteiger partial charge is 0.339 e. The number of aromatic amines is 3. The number of fused-ring (bicyclic) bond motifs is 1. The van der Waals surface area contributed by atoms with Gasteiger partial charge in [0.25, 0.3) is 5.56 Å². The maximum absolute atomic E-state index is 10.9. The van der Waals surface area contributed by atoms with Gasteiger partial charge >= 0.3 is 5.69 Å². The van der Waals surface area contributed by atoms with E-state index in [9.17, 15) is 9.59 Å². The van der Waals surface area contributed by atoms with Gasteiger partial charge in [-0.2, -0.15) is 0 Å². The van der Waals surface area contributed by atoms with Crippen molar-refractivity contribution in [3.63, 3.8) is 0 Å². The minimum atomic E-state index is -0.547. The molecule has 2 aromatic rings. The molecule has 0 saturated heterocycles. The molecule has 0 unspecified atom stereocenters. The van der Waals surface area contributed by atoms with Gasteiger partial charge < -0.3 is 10.3 Å². The molecule has 2 rings (SSSR count). The van der Waals surface area contributed by atoms with Crippen LogP contribution in [0.25, 0.3) is 11.2 Å². The van der Waals surface area contributed by atoms with E-state index in [0.717, 1.165) is 0 Å². The van der Waals surface area contributed by atoms with Gasteiger partial charge in [0.2, 0.25) is 0 Å². The first kappa shape index (κ1) is 10.2. The lowest BCUT2D eigenvalue weighted by molar-refractivity contribution is 1.02. The summed E-state index contributed by atoms with van der Waals surface area (Å²) < 4.78 is 0. The molecule has 0 spiro atoms. The maximum atomic E-state index is 10.9. The molecule has 0 amide bonds. The van der Waals surface area contributed by atoms with Gasteiger partial charge in [-0.3, -0.25) is 14.8 Å². The van der Waals surface area contributed by atoms with Crippen molar-refractivity contribution in [3.8, 4) is 0 Å². The van der Waals surface area contributed by atoms with Crippen molar-refractivity contribution in [2.45, 2.75) is 0 Å². The van der Waals surface area contributed by atoms with Crippen molar-refractivity contribution in [1.82, 2.24) is 25.3 Å². The number of imidazole rings is 1. The lowest BCUT2D eigenvalue weighted by Gasteiger charge is -1.83. The highest BCUT2D eigenvalue weighted by molar-refractivity contribution is 5.67. The fourth-order valence-corrected chi connectivity index (χ4v) is 0.867. The van der Waals surface area contributed by atoms with Crippen molar-refractivity contribution in [2.75, 3.05) is 14.1 Å². The quantitative estimate of drug-likeness (QED) is 0.424. The van der Waals surface area contributed by atoms with E-state index in [1.807, 2.05) is 14.1 Å². The number of H-pyrrole nitrogens is 3. The van der Waals surface area contributed by atoms with Crippen LogP contribution in [-0.2, 0) is 0 Å². The minimum absolute atomic E-state index is 0.277. The Bertz CT molecular complexity index is 508. The molecule has 0 aromatic carbocycles. The van der Waals surface area contributed by atoms with Gasteiger partial charge in [-0.15, -0.1) is 0 Å². The molecule has 0 fully saturated rings. The molecule has 0 aliphatic heterocycles. The highest BCUT2D eigenvalue weighted by atomic mass is 16.2. The first-order valence-electron chi connectivity index (χ1n) is 3.93. The van der Waals surface area contributed by atoms with Crippen LogP contribution < -0.4 is 16.6 Å². The van der Waals surface area contributed by atoms with Crippen LogP contribution in [-0.4, -0.2) is 34.0 Å². The Labute approximate surface area is 78.6 Å². The third kappa shape index (κ3) is 2.07. The number of nitrogens with one attached hydrogen (secondary N) is 4. The van der Waals surface area contributed by atoms with Gasteiger partial charge in [0, 0.05) is 0 Å². The molecule has 0 saturated carbocycles. The third-order valence-electron chi connectivity index (χ3n) is 1.33. The van der Waals surface area contributed by atoms with E-state index in [2.05, 4.69) is 25.3 Å². The standard InChI is InChI=1S/C5H4N4O2.C2H7N/c10-4-2-3(7-1-6-2)8-5(11)9-4;1-3-2/h1H,(H3,6,7,8,9,10,11);3H,1-2H3. The molecule has 0 bridgehead atoms. The summed E-state index contributed by atoms with van der Waals surface area (Å²) in [5.74, 6) is 0. The average molecular weight is 197 g/mol. The lowest BCUT2D eigenvalue weighted by Crippen LogP contribution is -2.21. The lowest BCUT2D eigenvalue weighted by atomic mass is 10.5. The molecular formula is C7H11N5O2. The summed E-state index contributed by atoms with van der Waals surface area (Å²) in [5.41, 5.74) is -0.445. The summed E-state index contributed by atoms with van der Waals surface area (Å²) in [6.45, 7) is 0. The molecule has 14 heavy (non-hydrogen) atoms. The summed E-state index contributed by atoms with van der Waals surface area (Å²) in [6.07, 6.45) is 1.34. The first-order valence-corrected chi connectivity index (χ1v) is 3.93. The van der Waals surface area contributed by atoms with Crippen LogP contribution in [0.1, 0.15) is 0 Å². The first-order chi connectivity index (χ1) is 6.69. The monoisotopic (exact) mass is 197 g/mol. The van der Waals surface area contributed by atoms with Gasteiger partial charge in [-0.25, -0.2) is 9.78 Å². The van der Waals surface area contributed by atoms with Gasteiger partial charge in [0.05, 0.1) is 6.33 Å². The molecule has 2 heterocycles. The molecule has 4 N–H and O–H groups in total. The zero-order valence-electron chi connectivity index (χ0n) is 7.84. The smallest absolute Gasteiger partial charge is 0.327 e. The van der Waals surface area contributed by atoms with E-state index in [0.29, 0.717) is 0 Å². The Hall–Kier alpha value is -1.89. The van der Waals surface area contributed by atoms with Gasteiger partial charge in [0.1, 0.15) is 5.52 Å². The normalized spacial score (nSPS) is 9.57. The minimum Gasteiger partial charge on any atom is -0.339 e.